The average molecular weight is 294 g/mol. The van der Waals surface area contributed by atoms with Crippen molar-refractivity contribution in [3.63, 3.8) is 0 Å². The van der Waals surface area contributed by atoms with Gasteiger partial charge in [-0.05, 0) is 32.2 Å². The van der Waals surface area contributed by atoms with E-state index in [9.17, 15) is 22.8 Å². The fourth-order valence-electron chi connectivity index (χ4n) is 3.07. The van der Waals surface area contributed by atoms with Gasteiger partial charge in [0.2, 0.25) is 0 Å². The van der Waals surface area contributed by atoms with Crippen LogP contribution >= 0.6 is 0 Å². The Hall–Kier alpha value is -1.31. The number of alkyl halides is 3. The van der Waals surface area contributed by atoms with Gasteiger partial charge in [0.15, 0.2) is 0 Å². The standard InChI is InChI=1S/C12H17F3N2O3/c13-12(14,15)11(20)16-6-3-8(4-7-16)17-5-1-2-9(17)10(18)19/h8-9H,1-7H2,(H,18,19). The Morgan fingerprint density at radius 1 is 1.05 bits per heavy atom. The molecule has 0 radical (unpaired) electrons. The Morgan fingerprint density at radius 2 is 1.65 bits per heavy atom. The van der Waals surface area contributed by atoms with Gasteiger partial charge in [0.25, 0.3) is 0 Å². The van der Waals surface area contributed by atoms with Crippen molar-refractivity contribution in [2.75, 3.05) is 19.6 Å². The van der Waals surface area contributed by atoms with Crippen LogP contribution in [0, 0.1) is 0 Å². The van der Waals surface area contributed by atoms with Gasteiger partial charge in [-0.3, -0.25) is 14.5 Å². The van der Waals surface area contributed by atoms with Crippen molar-refractivity contribution in [2.24, 2.45) is 0 Å². The van der Waals surface area contributed by atoms with Crippen LogP contribution < -0.4 is 0 Å². The lowest BCUT2D eigenvalue weighted by Gasteiger charge is -2.38. The van der Waals surface area contributed by atoms with E-state index in [1.54, 1.807) is 0 Å². The fourth-order valence-corrected chi connectivity index (χ4v) is 3.07. The molecule has 2 rings (SSSR count). The molecule has 1 atom stereocenters. The number of hydrogen-bond donors (Lipinski definition) is 1. The van der Waals surface area contributed by atoms with E-state index in [1.165, 1.54) is 0 Å². The van der Waals surface area contributed by atoms with E-state index in [4.69, 9.17) is 5.11 Å². The molecule has 0 aliphatic carbocycles. The molecule has 1 N–H and O–H groups in total. The first-order chi connectivity index (χ1) is 9.30. The molecule has 1 amide bonds. The zero-order chi connectivity index (χ0) is 14.9. The summed E-state index contributed by atoms with van der Waals surface area (Å²) in [6.45, 7) is 0.729. The van der Waals surface area contributed by atoms with Crippen molar-refractivity contribution in [3.8, 4) is 0 Å². The molecule has 0 aromatic carbocycles. The maximum absolute atomic E-state index is 12.3. The van der Waals surface area contributed by atoms with Crippen molar-refractivity contribution in [3.05, 3.63) is 0 Å². The molecule has 0 spiro atoms. The zero-order valence-corrected chi connectivity index (χ0v) is 10.9. The van der Waals surface area contributed by atoms with Crippen LogP contribution in [0.1, 0.15) is 25.7 Å². The molecule has 0 aromatic rings. The maximum atomic E-state index is 12.3. The molecule has 20 heavy (non-hydrogen) atoms. The van der Waals surface area contributed by atoms with Crippen molar-refractivity contribution in [1.29, 1.82) is 0 Å². The molecule has 114 valence electrons. The Bertz CT molecular complexity index is 392. The number of nitrogens with zero attached hydrogens (tertiary/aromatic N) is 2. The van der Waals surface area contributed by atoms with E-state index in [-0.39, 0.29) is 19.1 Å². The zero-order valence-electron chi connectivity index (χ0n) is 10.9. The molecule has 5 nitrogen and oxygen atoms in total. The van der Waals surface area contributed by atoms with Crippen molar-refractivity contribution in [2.45, 2.75) is 43.9 Å². The van der Waals surface area contributed by atoms with Gasteiger partial charge in [-0.2, -0.15) is 13.2 Å². The number of carbonyl (C=O) groups excluding carboxylic acids is 1. The number of halogens is 3. The number of likely N-dealkylation sites (tertiary alicyclic amines) is 2. The van der Waals surface area contributed by atoms with Crippen molar-refractivity contribution < 1.29 is 27.9 Å². The summed E-state index contributed by atoms with van der Waals surface area (Å²) in [6, 6.07) is -0.583. The summed E-state index contributed by atoms with van der Waals surface area (Å²) in [5.74, 6) is -2.68. The van der Waals surface area contributed by atoms with Crippen LogP contribution in [0.25, 0.3) is 0 Å². The van der Waals surface area contributed by atoms with Crippen LogP contribution in [0.5, 0.6) is 0 Å². The van der Waals surface area contributed by atoms with Crippen LogP contribution in [0.3, 0.4) is 0 Å². The maximum Gasteiger partial charge on any atom is 0.471 e. The molecule has 0 saturated carbocycles. The SMILES string of the molecule is O=C(O)C1CCCN1C1CCN(C(=O)C(F)(F)F)CC1. The molecular weight excluding hydrogens is 277 g/mol. The topological polar surface area (TPSA) is 60.9 Å². The van der Waals surface area contributed by atoms with Crippen LogP contribution in [0.4, 0.5) is 13.2 Å². The number of aliphatic carboxylic acids is 1. The first-order valence-corrected chi connectivity index (χ1v) is 6.65. The van der Waals surface area contributed by atoms with Gasteiger partial charge in [-0.25, -0.2) is 0 Å². The minimum Gasteiger partial charge on any atom is -0.480 e. The lowest BCUT2D eigenvalue weighted by molar-refractivity contribution is -0.187. The second-order valence-corrected chi connectivity index (χ2v) is 5.26. The average Bonchev–Trinajstić information content (AvgIpc) is 2.86. The van der Waals surface area contributed by atoms with Crippen LogP contribution in [0.2, 0.25) is 0 Å². The van der Waals surface area contributed by atoms with Crippen molar-refractivity contribution >= 4 is 11.9 Å². The molecule has 1 unspecified atom stereocenters. The summed E-state index contributed by atoms with van der Waals surface area (Å²) in [5.41, 5.74) is 0. The smallest absolute Gasteiger partial charge is 0.471 e. The van der Waals surface area contributed by atoms with E-state index in [0.29, 0.717) is 25.8 Å². The Morgan fingerprint density at radius 3 is 2.15 bits per heavy atom. The van der Waals surface area contributed by atoms with Crippen LogP contribution in [-0.4, -0.2) is 64.7 Å². The number of piperidine rings is 1. The third-order valence-electron chi connectivity index (χ3n) is 4.04. The van der Waals surface area contributed by atoms with E-state index >= 15 is 0 Å². The molecule has 2 heterocycles. The van der Waals surface area contributed by atoms with E-state index in [2.05, 4.69) is 0 Å². The molecule has 2 fully saturated rings. The second kappa shape index (κ2) is 5.59. The van der Waals surface area contributed by atoms with E-state index in [0.717, 1.165) is 11.3 Å². The highest BCUT2D eigenvalue weighted by Gasteiger charge is 2.44. The Labute approximate surface area is 114 Å². The normalized spacial score (nSPS) is 25.9. The highest BCUT2D eigenvalue weighted by atomic mass is 19.4. The van der Waals surface area contributed by atoms with Crippen LogP contribution in [0.15, 0.2) is 0 Å². The van der Waals surface area contributed by atoms with E-state index in [1.807, 2.05) is 4.90 Å². The van der Waals surface area contributed by atoms with Gasteiger partial charge < -0.3 is 10.0 Å². The molecule has 0 bridgehead atoms. The Kier molecular flexibility index (Phi) is 4.22. The molecular formula is C12H17F3N2O3. The first kappa shape index (κ1) is 15.1. The molecule has 8 heteroatoms. The number of amides is 1. The lowest BCUT2D eigenvalue weighted by atomic mass is 10.0. The highest BCUT2D eigenvalue weighted by molar-refractivity contribution is 5.82. The number of rotatable bonds is 2. The predicted molar refractivity (Wildman–Crippen MR) is 63.0 cm³/mol. The van der Waals surface area contributed by atoms with Crippen LogP contribution in [-0.2, 0) is 9.59 Å². The summed E-state index contributed by atoms with van der Waals surface area (Å²) in [4.78, 5) is 24.9. The van der Waals surface area contributed by atoms with Gasteiger partial charge in [0, 0.05) is 19.1 Å². The quantitative estimate of drug-likeness (QED) is 0.828. The predicted octanol–water partition coefficient (Wildman–Crippen LogP) is 1.09. The number of hydrogen-bond acceptors (Lipinski definition) is 3. The first-order valence-electron chi connectivity index (χ1n) is 6.65. The van der Waals surface area contributed by atoms with E-state index < -0.39 is 24.1 Å². The summed E-state index contributed by atoms with van der Waals surface area (Å²) >= 11 is 0. The van der Waals surface area contributed by atoms with Gasteiger partial charge >= 0.3 is 18.1 Å². The second-order valence-electron chi connectivity index (χ2n) is 5.26. The number of carboxylic acids is 1. The van der Waals surface area contributed by atoms with Gasteiger partial charge in [0.1, 0.15) is 6.04 Å². The Balaban J connectivity index is 1.91. The molecule has 0 aromatic heterocycles. The van der Waals surface area contributed by atoms with Gasteiger partial charge in [0.05, 0.1) is 0 Å². The van der Waals surface area contributed by atoms with Gasteiger partial charge in [-0.15, -0.1) is 0 Å². The highest BCUT2D eigenvalue weighted by Crippen LogP contribution is 2.28. The van der Waals surface area contributed by atoms with Gasteiger partial charge in [-0.1, -0.05) is 0 Å². The molecule has 2 aliphatic rings. The molecule has 2 aliphatic heterocycles. The summed E-state index contributed by atoms with van der Waals surface area (Å²) in [7, 11) is 0. The number of carboxylic acid groups (broad SMARTS) is 1. The largest absolute Gasteiger partial charge is 0.480 e. The minimum absolute atomic E-state index is 0.0336. The lowest BCUT2D eigenvalue weighted by Crippen LogP contribution is -2.52. The number of carbonyl (C=O) groups is 2. The summed E-state index contributed by atoms with van der Waals surface area (Å²) < 4.78 is 37.0. The summed E-state index contributed by atoms with van der Waals surface area (Å²) in [5, 5.41) is 9.11. The minimum atomic E-state index is -4.83. The van der Waals surface area contributed by atoms with Crippen molar-refractivity contribution in [1.82, 2.24) is 9.80 Å². The third kappa shape index (κ3) is 3.05. The molecule has 2 saturated heterocycles. The third-order valence-corrected chi connectivity index (χ3v) is 4.04. The summed E-state index contributed by atoms with van der Waals surface area (Å²) in [6.07, 6.45) is -2.67. The monoisotopic (exact) mass is 294 g/mol. The fraction of sp³-hybridized carbons (Fsp3) is 0.833.